The van der Waals surface area contributed by atoms with Crippen LogP contribution in [-0.2, 0) is 9.47 Å². The Morgan fingerprint density at radius 2 is 2.12 bits per heavy atom. The highest BCUT2D eigenvalue weighted by atomic mass is 35.5. The molecule has 1 aliphatic rings. The zero-order valence-electron chi connectivity index (χ0n) is 16.2. The van der Waals surface area contributed by atoms with E-state index in [1.54, 1.807) is 7.11 Å². The second-order valence-corrected chi connectivity index (χ2v) is 7.81. The van der Waals surface area contributed by atoms with Crippen LogP contribution in [0.1, 0.15) is 32.4 Å². The van der Waals surface area contributed by atoms with E-state index in [9.17, 15) is 0 Å². The third-order valence-corrected chi connectivity index (χ3v) is 4.65. The fraction of sp³-hybridized carbons (Fsp3) is 0.632. The molecule has 2 atom stereocenters. The summed E-state index contributed by atoms with van der Waals surface area (Å²) in [7, 11) is 1.67. The number of rotatable bonds is 7. The summed E-state index contributed by atoms with van der Waals surface area (Å²) in [6.07, 6.45) is 0. The molecule has 1 aromatic rings. The lowest BCUT2D eigenvalue weighted by atomic mass is 10.0. The van der Waals surface area contributed by atoms with E-state index in [1.165, 1.54) is 5.56 Å². The number of guanidine groups is 1. The predicted molar refractivity (Wildman–Crippen MR) is 107 cm³/mol. The molecule has 1 saturated heterocycles. The van der Waals surface area contributed by atoms with Crippen LogP contribution in [0.5, 0.6) is 0 Å². The molecule has 0 aliphatic carbocycles. The van der Waals surface area contributed by atoms with E-state index >= 15 is 0 Å². The van der Waals surface area contributed by atoms with Crippen molar-refractivity contribution in [3.63, 3.8) is 0 Å². The molecule has 1 fully saturated rings. The van der Waals surface area contributed by atoms with Gasteiger partial charge in [-0.3, -0.25) is 9.89 Å². The smallest absolute Gasteiger partial charge is 0.188 e. The molecule has 7 heteroatoms. The Hall–Kier alpha value is -1.34. The van der Waals surface area contributed by atoms with Gasteiger partial charge in [-0.2, -0.15) is 0 Å². The van der Waals surface area contributed by atoms with E-state index in [0.717, 1.165) is 18.1 Å². The van der Waals surface area contributed by atoms with Crippen molar-refractivity contribution in [3.05, 3.63) is 34.9 Å². The fourth-order valence-corrected chi connectivity index (χ4v) is 3.34. The maximum absolute atomic E-state index is 6.06. The molecule has 0 saturated carbocycles. The van der Waals surface area contributed by atoms with Gasteiger partial charge in [0.2, 0.25) is 0 Å². The third-order valence-electron chi connectivity index (χ3n) is 4.40. The van der Waals surface area contributed by atoms with Crippen molar-refractivity contribution in [1.29, 1.82) is 0 Å². The molecule has 0 aromatic heterocycles. The topological polar surface area (TPSA) is 72.1 Å². The van der Waals surface area contributed by atoms with Gasteiger partial charge in [-0.1, -0.05) is 23.7 Å². The molecule has 0 bridgehead atoms. The number of hydrogen-bond donors (Lipinski definition) is 2. The lowest BCUT2D eigenvalue weighted by Crippen LogP contribution is -2.50. The van der Waals surface area contributed by atoms with Crippen LogP contribution in [0, 0.1) is 0 Å². The molecule has 1 heterocycles. The summed E-state index contributed by atoms with van der Waals surface area (Å²) in [4.78, 5) is 6.99. The van der Waals surface area contributed by atoms with Gasteiger partial charge in [0.1, 0.15) is 0 Å². The summed E-state index contributed by atoms with van der Waals surface area (Å²) in [6.45, 7) is 9.79. The molecule has 3 N–H and O–H groups in total. The molecule has 146 valence electrons. The molecular weight excluding hydrogens is 352 g/mol. The normalized spacial score (nSPS) is 20.6. The van der Waals surface area contributed by atoms with Gasteiger partial charge in [0.15, 0.2) is 5.96 Å². The van der Waals surface area contributed by atoms with Crippen molar-refractivity contribution < 1.29 is 9.47 Å². The van der Waals surface area contributed by atoms with Crippen LogP contribution >= 0.6 is 11.6 Å². The largest absolute Gasteiger partial charge is 0.383 e. The maximum Gasteiger partial charge on any atom is 0.188 e. The Kier molecular flexibility index (Phi) is 7.70. The quantitative estimate of drug-likeness (QED) is 0.559. The van der Waals surface area contributed by atoms with Crippen molar-refractivity contribution >= 4 is 17.6 Å². The van der Waals surface area contributed by atoms with Gasteiger partial charge in [-0.05, 0) is 38.5 Å². The predicted octanol–water partition coefficient (Wildman–Crippen LogP) is 2.43. The minimum Gasteiger partial charge on any atom is -0.383 e. The maximum atomic E-state index is 6.06. The van der Waals surface area contributed by atoms with Gasteiger partial charge in [0.25, 0.3) is 0 Å². The Morgan fingerprint density at radius 3 is 2.73 bits per heavy atom. The van der Waals surface area contributed by atoms with E-state index in [0.29, 0.717) is 25.7 Å². The van der Waals surface area contributed by atoms with Gasteiger partial charge < -0.3 is 20.5 Å². The molecular formula is C19H31ClN4O2. The second-order valence-electron chi connectivity index (χ2n) is 7.37. The molecule has 6 nitrogen and oxygen atoms in total. The van der Waals surface area contributed by atoms with Gasteiger partial charge in [-0.15, -0.1) is 0 Å². The van der Waals surface area contributed by atoms with Gasteiger partial charge in [0.05, 0.1) is 31.4 Å². The van der Waals surface area contributed by atoms with Crippen LogP contribution in [-0.4, -0.2) is 62.5 Å². The van der Waals surface area contributed by atoms with Gasteiger partial charge in [-0.25, -0.2) is 0 Å². The van der Waals surface area contributed by atoms with Crippen molar-refractivity contribution in [1.82, 2.24) is 10.2 Å². The summed E-state index contributed by atoms with van der Waals surface area (Å²) < 4.78 is 11.0. The summed E-state index contributed by atoms with van der Waals surface area (Å²) in [5.74, 6) is 0.432. The lowest BCUT2D eigenvalue weighted by molar-refractivity contribution is -0.0967. The number of hydrogen-bond acceptors (Lipinski definition) is 4. The molecule has 2 unspecified atom stereocenters. The Balaban J connectivity index is 2.14. The highest BCUT2D eigenvalue weighted by Crippen LogP contribution is 2.28. The number of ether oxygens (including phenoxy) is 2. The van der Waals surface area contributed by atoms with Crippen LogP contribution < -0.4 is 11.1 Å². The molecule has 0 amide bonds. The van der Waals surface area contributed by atoms with E-state index in [2.05, 4.69) is 41.2 Å². The number of halogens is 1. The van der Waals surface area contributed by atoms with E-state index in [-0.39, 0.29) is 17.7 Å². The first-order valence-corrected chi connectivity index (χ1v) is 9.37. The Bertz CT molecular complexity index is 592. The summed E-state index contributed by atoms with van der Waals surface area (Å²) >= 11 is 6.06. The van der Waals surface area contributed by atoms with Gasteiger partial charge in [0, 0.05) is 31.3 Å². The molecule has 0 radical (unpaired) electrons. The minimum absolute atomic E-state index is 0.111. The average Bonchev–Trinajstić information content (AvgIpc) is 2.56. The summed E-state index contributed by atoms with van der Waals surface area (Å²) in [5, 5.41) is 3.88. The number of benzene rings is 1. The molecule has 0 spiro atoms. The Labute approximate surface area is 161 Å². The second kappa shape index (κ2) is 9.55. The van der Waals surface area contributed by atoms with Gasteiger partial charge >= 0.3 is 0 Å². The zero-order valence-corrected chi connectivity index (χ0v) is 16.9. The number of methoxy groups -OCH3 is 1. The van der Waals surface area contributed by atoms with Crippen LogP contribution in [0.2, 0.25) is 5.02 Å². The van der Waals surface area contributed by atoms with Crippen molar-refractivity contribution in [2.24, 2.45) is 10.7 Å². The lowest BCUT2D eigenvalue weighted by Gasteiger charge is -2.42. The minimum atomic E-state index is -0.177. The number of aliphatic imine (C=N–C) groups is 1. The van der Waals surface area contributed by atoms with E-state index < -0.39 is 0 Å². The summed E-state index contributed by atoms with van der Waals surface area (Å²) in [5.41, 5.74) is 7.05. The standard InChI is InChI=1S/C19H31ClN4O2/c1-14(12-25-4)23-18(21)22-11-17(15-5-7-16(20)8-6-15)24-9-10-26-19(2,3)13-24/h5-8,14,17H,9-13H2,1-4H3,(H3,21,22,23). The molecule has 1 aliphatic heterocycles. The zero-order chi connectivity index (χ0) is 19.2. The first-order chi connectivity index (χ1) is 12.3. The van der Waals surface area contributed by atoms with Crippen LogP contribution in [0.4, 0.5) is 0 Å². The number of nitrogens with one attached hydrogen (secondary N) is 1. The molecule has 1 aromatic carbocycles. The number of nitrogens with two attached hydrogens (primary N) is 1. The highest BCUT2D eigenvalue weighted by Gasteiger charge is 2.32. The SMILES string of the molecule is COCC(C)NC(N)=NCC(c1ccc(Cl)cc1)N1CCOC(C)(C)C1. The van der Waals surface area contributed by atoms with Crippen molar-refractivity contribution in [2.45, 2.75) is 38.5 Å². The Morgan fingerprint density at radius 1 is 1.42 bits per heavy atom. The monoisotopic (exact) mass is 382 g/mol. The van der Waals surface area contributed by atoms with Crippen LogP contribution in [0.3, 0.4) is 0 Å². The molecule has 2 rings (SSSR count). The molecule has 26 heavy (non-hydrogen) atoms. The number of morpholine rings is 1. The highest BCUT2D eigenvalue weighted by molar-refractivity contribution is 6.30. The van der Waals surface area contributed by atoms with Crippen LogP contribution in [0.15, 0.2) is 29.3 Å². The van der Waals surface area contributed by atoms with Crippen molar-refractivity contribution in [2.75, 3.05) is 40.0 Å². The third kappa shape index (κ3) is 6.43. The first kappa shape index (κ1) is 21.0. The van der Waals surface area contributed by atoms with E-state index in [4.69, 9.17) is 26.8 Å². The van der Waals surface area contributed by atoms with Crippen LogP contribution in [0.25, 0.3) is 0 Å². The van der Waals surface area contributed by atoms with Crippen molar-refractivity contribution in [3.8, 4) is 0 Å². The first-order valence-electron chi connectivity index (χ1n) is 8.99. The average molecular weight is 383 g/mol. The fourth-order valence-electron chi connectivity index (χ4n) is 3.21. The number of nitrogens with zero attached hydrogens (tertiary/aromatic N) is 2. The van der Waals surface area contributed by atoms with E-state index in [1.807, 2.05) is 19.1 Å². The summed E-state index contributed by atoms with van der Waals surface area (Å²) in [6, 6.07) is 8.18.